The number of benzene rings is 1. The number of sulfone groups is 1. The Morgan fingerprint density at radius 1 is 1.29 bits per heavy atom. The Morgan fingerprint density at radius 3 is 2.76 bits per heavy atom. The van der Waals surface area contributed by atoms with Crippen LogP contribution in [0.15, 0.2) is 34.9 Å². The highest BCUT2D eigenvalue weighted by Crippen LogP contribution is 2.27. The van der Waals surface area contributed by atoms with Gasteiger partial charge in [-0.1, -0.05) is 36.3 Å². The molecule has 21 heavy (non-hydrogen) atoms. The quantitative estimate of drug-likeness (QED) is 0.871. The Morgan fingerprint density at radius 2 is 2.05 bits per heavy atom. The molecule has 1 aromatic heterocycles. The molecule has 5 heteroatoms. The van der Waals surface area contributed by atoms with Crippen molar-refractivity contribution in [3.63, 3.8) is 0 Å². The zero-order valence-electron chi connectivity index (χ0n) is 12.1. The number of aromatic nitrogens is 1. The highest BCUT2D eigenvalue weighted by molar-refractivity contribution is 7.91. The van der Waals surface area contributed by atoms with E-state index in [-0.39, 0.29) is 11.0 Å². The Bertz CT molecular complexity index is 733. The molecule has 0 radical (unpaired) electrons. The van der Waals surface area contributed by atoms with Gasteiger partial charge in [0.05, 0.1) is 10.9 Å². The average molecular weight is 305 g/mol. The monoisotopic (exact) mass is 305 g/mol. The van der Waals surface area contributed by atoms with E-state index in [4.69, 9.17) is 4.52 Å². The minimum Gasteiger partial charge on any atom is -0.360 e. The van der Waals surface area contributed by atoms with Crippen molar-refractivity contribution in [2.24, 2.45) is 0 Å². The summed E-state index contributed by atoms with van der Waals surface area (Å²) in [6, 6.07) is 9.84. The smallest absolute Gasteiger partial charge is 0.160 e. The predicted octanol–water partition coefficient (Wildman–Crippen LogP) is 2.71. The maximum atomic E-state index is 12.6. The second-order valence-electron chi connectivity index (χ2n) is 5.58. The molecule has 0 spiro atoms. The Hall–Kier alpha value is -1.62. The van der Waals surface area contributed by atoms with E-state index in [1.54, 1.807) is 6.07 Å². The van der Waals surface area contributed by atoms with Crippen LogP contribution in [0.3, 0.4) is 0 Å². The van der Waals surface area contributed by atoms with Crippen molar-refractivity contribution in [3.05, 3.63) is 52.9 Å². The van der Waals surface area contributed by atoms with Gasteiger partial charge in [0.25, 0.3) is 0 Å². The highest BCUT2D eigenvalue weighted by atomic mass is 32.2. The minimum absolute atomic E-state index is 0.0488. The first-order chi connectivity index (χ1) is 10.1. The fourth-order valence-electron chi connectivity index (χ4n) is 2.88. The van der Waals surface area contributed by atoms with Gasteiger partial charge in [-0.2, -0.15) is 0 Å². The van der Waals surface area contributed by atoms with Gasteiger partial charge in [-0.15, -0.1) is 0 Å². The lowest BCUT2D eigenvalue weighted by molar-refractivity contribution is 0.386. The van der Waals surface area contributed by atoms with Crippen LogP contribution in [-0.2, 0) is 34.9 Å². The van der Waals surface area contributed by atoms with Crippen LogP contribution in [-0.4, -0.2) is 18.8 Å². The van der Waals surface area contributed by atoms with Crippen molar-refractivity contribution in [3.8, 4) is 0 Å². The van der Waals surface area contributed by atoms with E-state index >= 15 is 0 Å². The van der Waals surface area contributed by atoms with E-state index in [1.807, 2.05) is 25.1 Å². The minimum atomic E-state index is -3.21. The van der Waals surface area contributed by atoms with E-state index in [1.165, 1.54) is 5.56 Å². The fourth-order valence-corrected chi connectivity index (χ4v) is 4.56. The summed E-state index contributed by atoms with van der Waals surface area (Å²) in [6.45, 7) is 1.97. The summed E-state index contributed by atoms with van der Waals surface area (Å²) < 4.78 is 30.3. The molecule has 1 unspecified atom stereocenters. The van der Waals surface area contributed by atoms with Crippen LogP contribution in [0.5, 0.6) is 0 Å². The first kappa shape index (κ1) is 14.3. The van der Waals surface area contributed by atoms with Gasteiger partial charge in [0.15, 0.2) is 15.6 Å². The van der Waals surface area contributed by atoms with Gasteiger partial charge >= 0.3 is 0 Å². The van der Waals surface area contributed by atoms with Crippen molar-refractivity contribution < 1.29 is 12.9 Å². The van der Waals surface area contributed by atoms with Crippen molar-refractivity contribution in [2.75, 3.05) is 0 Å². The summed E-state index contributed by atoms with van der Waals surface area (Å²) in [6.07, 6.45) is 2.87. The summed E-state index contributed by atoms with van der Waals surface area (Å²) in [7, 11) is -3.21. The van der Waals surface area contributed by atoms with Crippen LogP contribution in [0.4, 0.5) is 0 Å². The Kier molecular flexibility index (Phi) is 3.85. The van der Waals surface area contributed by atoms with Gasteiger partial charge < -0.3 is 4.52 Å². The standard InChI is InChI=1S/C16H19NO3S/c1-2-14-10-15(20-17-14)11-21(18,19)16-8-7-12-5-3-4-6-13(12)9-16/h3-6,10,16H,2,7-9,11H2,1H3. The van der Waals surface area contributed by atoms with Gasteiger partial charge in [-0.25, -0.2) is 8.42 Å². The topological polar surface area (TPSA) is 60.2 Å². The van der Waals surface area contributed by atoms with Crippen molar-refractivity contribution in [1.29, 1.82) is 0 Å². The molecule has 1 atom stereocenters. The van der Waals surface area contributed by atoms with Crippen LogP contribution in [0.25, 0.3) is 0 Å². The van der Waals surface area contributed by atoms with Crippen LogP contribution < -0.4 is 0 Å². The number of aryl methyl sites for hydroxylation is 2. The fraction of sp³-hybridized carbons (Fsp3) is 0.438. The third-order valence-corrected chi connectivity index (χ3v) is 6.23. The van der Waals surface area contributed by atoms with E-state index in [0.29, 0.717) is 18.6 Å². The largest absolute Gasteiger partial charge is 0.360 e. The van der Waals surface area contributed by atoms with Gasteiger partial charge in [-0.05, 0) is 36.8 Å². The molecule has 1 aromatic carbocycles. The molecule has 1 aliphatic rings. The predicted molar refractivity (Wildman–Crippen MR) is 80.8 cm³/mol. The number of fused-ring (bicyclic) bond motifs is 1. The molecule has 0 fully saturated rings. The summed E-state index contributed by atoms with van der Waals surface area (Å²) in [4.78, 5) is 0. The van der Waals surface area contributed by atoms with Crippen LogP contribution in [0, 0.1) is 0 Å². The molecule has 0 saturated carbocycles. The summed E-state index contributed by atoms with van der Waals surface area (Å²) in [5.41, 5.74) is 3.23. The lowest BCUT2D eigenvalue weighted by atomic mass is 9.92. The van der Waals surface area contributed by atoms with Crippen LogP contribution in [0.2, 0.25) is 0 Å². The number of nitrogens with zero attached hydrogens (tertiary/aromatic N) is 1. The SMILES string of the molecule is CCc1cc(CS(=O)(=O)C2CCc3ccccc3C2)on1. The van der Waals surface area contributed by atoms with E-state index in [0.717, 1.165) is 24.1 Å². The van der Waals surface area contributed by atoms with Crippen molar-refractivity contribution in [1.82, 2.24) is 5.16 Å². The molecular formula is C16H19NO3S. The third-order valence-electron chi connectivity index (χ3n) is 4.12. The third kappa shape index (κ3) is 3.02. The van der Waals surface area contributed by atoms with Gasteiger partial charge in [-0.3, -0.25) is 0 Å². The van der Waals surface area contributed by atoms with E-state index in [9.17, 15) is 8.42 Å². The lowest BCUT2D eigenvalue weighted by Crippen LogP contribution is -2.29. The second-order valence-corrected chi connectivity index (χ2v) is 7.86. The molecule has 0 saturated heterocycles. The normalized spacial score (nSPS) is 18.4. The maximum Gasteiger partial charge on any atom is 0.160 e. The number of rotatable bonds is 4. The van der Waals surface area contributed by atoms with Crippen molar-refractivity contribution in [2.45, 2.75) is 43.6 Å². The number of hydrogen-bond acceptors (Lipinski definition) is 4. The van der Waals surface area contributed by atoms with Crippen LogP contribution in [0.1, 0.15) is 35.9 Å². The molecule has 1 aliphatic carbocycles. The van der Waals surface area contributed by atoms with Gasteiger partial charge in [0.2, 0.25) is 0 Å². The summed E-state index contributed by atoms with van der Waals surface area (Å²) in [5.74, 6) is 0.401. The molecule has 112 valence electrons. The molecular weight excluding hydrogens is 286 g/mol. The van der Waals surface area contributed by atoms with Crippen molar-refractivity contribution >= 4 is 9.84 Å². The molecule has 0 bridgehead atoms. The zero-order chi connectivity index (χ0) is 14.9. The first-order valence-electron chi connectivity index (χ1n) is 7.31. The van der Waals surface area contributed by atoms with Gasteiger partial charge in [0, 0.05) is 6.07 Å². The van der Waals surface area contributed by atoms with Crippen LogP contribution >= 0.6 is 0 Å². The molecule has 4 nitrogen and oxygen atoms in total. The Balaban J connectivity index is 1.77. The molecule has 0 aliphatic heterocycles. The molecule has 2 aromatic rings. The summed E-state index contributed by atoms with van der Waals surface area (Å²) >= 11 is 0. The Labute approximate surface area is 125 Å². The number of hydrogen-bond donors (Lipinski definition) is 0. The first-order valence-corrected chi connectivity index (χ1v) is 9.03. The van der Waals surface area contributed by atoms with E-state index in [2.05, 4.69) is 11.2 Å². The maximum absolute atomic E-state index is 12.6. The van der Waals surface area contributed by atoms with Gasteiger partial charge in [0.1, 0.15) is 5.75 Å². The average Bonchev–Trinajstić information content (AvgIpc) is 2.93. The molecule has 3 rings (SSSR count). The molecule has 0 amide bonds. The highest BCUT2D eigenvalue weighted by Gasteiger charge is 2.30. The van der Waals surface area contributed by atoms with E-state index < -0.39 is 9.84 Å². The molecule has 1 heterocycles. The molecule has 0 N–H and O–H groups in total. The lowest BCUT2D eigenvalue weighted by Gasteiger charge is -2.24. The second kappa shape index (κ2) is 5.64. The zero-order valence-corrected chi connectivity index (χ0v) is 12.9. The summed E-state index contributed by atoms with van der Waals surface area (Å²) in [5, 5.41) is 3.54.